The Hall–Kier alpha value is -2.06. The molecule has 172 valence electrons. The van der Waals surface area contributed by atoms with Crippen molar-refractivity contribution < 1.29 is 4.74 Å². The predicted molar refractivity (Wildman–Crippen MR) is 145 cm³/mol. The lowest BCUT2D eigenvalue weighted by Gasteiger charge is -2.38. The smallest absolute Gasteiger partial charge is 0.123 e. The second-order valence-electron chi connectivity index (χ2n) is 11.3. The highest BCUT2D eigenvalue weighted by Crippen LogP contribution is 2.37. The maximum Gasteiger partial charge on any atom is 0.123 e. The summed E-state index contributed by atoms with van der Waals surface area (Å²) in [7, 11) is -2.08. The molecular formula is C30H42OSi. The van der Waals surface area contributed by atoms with E-state index >= 15 is 0 Å². The van der Waals surface area contributed by atoms with Gasteiger partial charge in [0.15, 0.2) is 0 Å². The van der Waals surface area contributed by atoms with Crippen molar-refractivity contribution in [3.05, 3.63) is 71.3 Å². The third-order valence-corrected chi connectivity index (χ3v) is 12.4. The van der Waals surface area contributed by atoms with E-state index in [1.165, 1.54) is 27.4 Å². The molecule has 0 heterocycles. The molecule has 0 saturated heterocycles. The lowest BCUT2D eigenvalue weighted by Crippen LogP contribution is -2.59. The zero-order valence-corrected chi connectivity index (χ0v) is 22.6. The van der Waals surface area contributed by atoms with Gasteiger partial charge in [0.1, 0.15) is 20.4 Å². The number of ether oxygens (including phenoxy) is 1. The first-order valence-corrected chi connectivity index (χ1v) is 14.6. The van der Waals surface area contributed by atoms with Gasteiger partial charge in [0.05, 0.1) is 0 Å². The molecule has 2 heteroatoms. The fourth-order valence-corrected chi connectivity index (χ4v) is 9.70. The second kappa shape index (κ2) is 9.06. The van der Waals surface area contributed by atoms with Crippen LogP contribution in [-0.2, 0) is 17.3 Å². The van der Waals surface area contributed by atoms with Crippen LogP contribution >= 0.6 is 0 Å². The highest BCUT2D eigenvalue weighted by Gasteiger charge is 2.41. The molecule has 1 nitrogen and oxygen atoms in total. The van der Waals surface area contributed by atoms with Gasteiger partial charge in [-0.1, -0.05) is 123 Å². The van der Waals surface area contributed by atoms with Crippen LogP contribution in [0, 0.1) is 0 Å². The van der Waals surface area contributed by atoms with E-state index in [4.69, 9.17) is 4.74 Å². The standard InChI is InChI=1S/C30H42OSi/c1-10-19-31-28-25(30(7,8)9)20-23(29(4,5)6)21-27(28)32(11-2,12-3)26-18-14-16-22-15-13-17-24(22)26/h10,13-14,16-18,20-21H,1,11-12,15,19H2,2-9H3. The van der Waals surface area contributed by atoms with Crippen LogP contribution in [0.2, 0.25) is 12.1 Å². The molecule has 0 unspecified atom stereocenters. The number of hydrogen-bond acceptors (Lipinski definition) is 1. The van der Waals surface area contributed by atoms with Gasteiger partial charge in [0, 0.05) is 0 Å². The van der Waals surface area contributed by atoms with Crippen molar-refractivity contribution >= 4 is 24.5 Å². The Morgan fingerprint density at radius 3 is 2.22 bits per heavy atom. The van der Waals surface area contributed by atoms with Crippen LogP contribution in [0.25, 0.3) is 6.08 Å². The molecular weight excluding hydrogens is 404 g/mol. The zero-order chi connectivity index (χ0) is 23.7. The fourth-order valence-electron chi connectivity index (χ4n) is 5.14. The van der Waals surface area contributed by atoms with E-state index in [1.54, 1.807) is 5.19 Å². The van der Waals surface area contributed by atoms with E-state index in [9.17, 15) is 0 Å². The monoisotopic (exact) mass is 446 g/mol. The molecule has 0 amide bonds. The average molecular weight is 447 g/mol. The van der Waals surface area contributed by atoms with Crippen molar-refractivity contribution in [1.29, 1.82) is 0 Å². The molecule has 0 atom stereocenters. The summed E-state index contributed by atoms with van der Waals surface area (Å²) >= 11 is 0. The maximum absolute atomic E-state index is 6.56. The summed E-state index contributed by atoms with van der Waals surface area (Å²) in [6.07, 6.45) is 7.61. The first kappa shape index (κ1) is 24.6. The molecule has 2 aromatic rings. The number of benzene rings is 2. The quantitative estimate of drug-likeness (QED) is 0.328. The largest absolute Gasteiger partial charge is 0.489 e. The summed E-state index contributed by atoms with van der Waals surface area (Å²) in [5.74, 6) is 1.11. The van der Waals surface area contributed by atoms with Gasteiger partial charge in [-0.05, 0) is 49.9 Å². The van der Waals surface area contributed by atoms with Gasteiger partial charge >= 0.3 is 0 Å². The Kier molecular flexibility index (Phi) is 6.96. The van der Waals surface area contributed by atoms with Crippen molar-refractivity contribution in [2.45, 2.75) is 84.7 Å². The van der Waals surface area contributed by atoms with Gasteiger partial charge in [-0.25, -0.2) is 0 Å². The highest BCUT2D eigenvalue weighted by molar-refractivity contribution is 7.03. The molecule has 1 aliphatic rings. The first-order valence-electron chi connectivity index (χ1n) is 12.2. The van der Waals surface area contributed by atoms with Gasteiger partial charge < -0.3 is 4.74 Å². The summed E-state index contributed by atoms with van der Waals surface area (Å²) in [5.41, 5.74) is 5.74. The van der Waals surface area contributed by atoms with E-state index in [-0.39, 0.29) is 10.8 Å². The molecule has 3 rings (SSSR count). The van der Waals surface area contributed by atoms with E-state index in [2.05, 4.69) is 104 Å². The summed E-state index contributed by atoms with van der Waals surface area (Å²) < 4.78 is 6.56. The van der Waals surface area contributed by atoms with Crippen LogP contribution in [0.5, 0.6) is 5.75 Å². The van der Waals surface area contributed by atoms with Crippen LogP contribution in [0.4, 0.5) is 0 Å². The molecule has 0 radical (unpaired) electrons. The maximum atomic E-state index is 6.56. The third-order valence-electron chi connectivity index (χ3n) is 7.17. The van der Waals surface area contributed by atoms with Gasteiger partial charge in [-0.3, -0.25) is 0 Å². The Morgan fingerprint density at radius 1 is 0.969 bits per heavy atom. The van der Waals surface area contributed by atoms with Gasteiger partial charge in [-0.2, -0.15) is 0 Å². The van der Waals surface area contributed by atoms with E-state index in [1.807, 2.05) is 6.08 Å². The van der Waals surface area contributed by atoms with Gasteiger partial charge in [-0.15, -0.1) is 0 Å². The Bertz CT molecular complexity index is 1010. The first-order chi connectivity index (χ1) is 15.0. The second-order valence-corrected chi connectivity index (χ2v) is 15.9. The molecule has 0 N–H and O–H groups in total. The molecule has 1 aliphatic carbocycles. The van der Waals surface area contributed by atoms with Crippen LogP contribution in [0.15, 0.2) is 49.1 Å². The number of fused-ring (bicyclic) bond motifs is 1. The molecule has 0 fully saturated rings. The summed E-state index contributed by atoms with van der Waals surface area (Å²) in [6.45, 7) is 23.2. The SMILES string of the molecule is C=CCOc1c(C(C)(C)C)cc(C(C)(C)C)cc1[Si](CC)(CC)c1cccc2c1C=CC2. The van der Waals surface area contributed by atoms with Crippen molar-refractivity contribution in [1.82, 2.24) is 0 Å². The number of hydrogen-bond donors (Lipinski definition) is 0. The fraction of sp³-hybridized carbons (Fsp3) is 0.467. The molecule has 0 aliphatic heterocycles. The molecule has 0 spiro atoms. The highest BCUT2D eigenvalue weighted by atomic mass is 28.3. The predicted octanol–water partition coefficient (Wildman–Crippen LogP) is 7.02. The minimum atomic E-state index is -2.08. The van der Waals surface area contributed by atoms with E-state index in [0.717, 1.165) is 24.3 Å². The molecule has 0 bridgehead atoms. The lowest BCUT2D eigenvalue weighted by atomic mass is 9.80. The van der Waals surface area contributed by atoms with Crippen molar-refractivity contribution in [3.63, 3.8) is 0 Å². The Morgan fingerprint density at radius 2 is 1.66 bits per heavy atom. The topological polar surface area (TPSA) is 9.23 Å². The van der Waals surface area contributed by atoms with E-state index in [0.29, 0.717) is 6.61 Å². The number of rotatable bonds is 7. The van der Waals surface area contributed by atoms with Crippen molar-refractivity contribution in [2.75, 3.05) is 6.61 Å². The average Bonchev–Trinajstić information content (AvgIpc) is 3.21. The van der Waals surface area contributed by atoms with Gasteiger partial charge in [0.2, 0.25) is 0 Å². The summed E-state index contributed by atoms with van der Waals surface area (Å²) in [5, 5.41) is 3.04. The van der Waals surface area contributed by atoms with Crippen LogP contribution in [0.1, 0.15) is 77.6 Å². The number of allylic oxidation sites excluding steroid dienone is 1. The summed E-state index contributed by atoms with van der Waals surface area (Å²) in [6, 6.07) is 14.2. The Balaban J connectivity index is 2.44. The van der Waals surface area contributed by atoms with Crippen LogP contribution in [-0.4, -0.2) is 14.7 Å². The normalized spacial score (nSPS) is 13.9. The third kappa shape index (κ3) is 4.39. The lowest BCUT2D eigenvalue weighted by molar-refractivity contribution is 0.353. The van der Waals surface area contributed by atoms with Crippen LogP contribution < -0.4 is 15.1 Å². The van der Waals surface area contributed by atoms with Crippen LogP contribution in [0.3, 0.4) is 0 Å². The van der Waals surface area contributed by atoms with Gasteiger partial charge in [0.25, 0.3) is 0 Å². The molecule has 32 heavy (non-hydrogen) atoms. The minimum absolute atomic E-state index is 0.00727. The summed E-state index contributed by atoms with van der Waals surface area (Å²) in [4.78, 5) is 0. The van der Waals surface area contributed by atoms with Crippen molar-refractivity contribution in [2.24, 2.45) is 0 Å². The van der Waals surface area contributed by atoms with Crippen molar-refractivity contribution in [3.8, 4) is 5.75 Å². The molecule has 0 saturated carbocycles. The molecule has 2 aromatic carbocycles. The van der Waals surface area contributed by atoms with E-state index < -0.39 is 8.07 Å². The molecule has 0 aromatic heterocycles. The minimum Gasteiger partial charge on any atom is -0.489 e. The zero-order valence-electron chi connectivity index (χ0n) is 21.6. The Labute approximate surface area is 197 Å².